The highest BCUT2D eigenvalue weighted by Crippen LogP contribution is 2.17. The average Bonchev–Trinajstić information content (AvgIpc) is 2.84. The van der Waals surface area contributed by atoms with Crippen LogP contribution in [-0.4, -0.2) is 17.0 Å². The lowest BCUT2D eigenvalue weighted by Crippen LogP contribution is -2.15. The van der Waals surface area contributed by atoms with Gasteiger partial charge in [0.25, 0.3) is 0 Å². The Morgan fingerprint density at radius 3 is 2.68 bits per heavy atom. The summed E-state index contributed by atoms with van der Waals surface area (Å²) in [5.41, 5.74) is 2.57. The third-order valence-electron chi connectivity index (χ3n) is 2.69. The van der Waals surface area contributed by atoms with Gasteiger partial charge in [-0.1, -0.05) is 0 Å². The predicted molar refractivity (Wildman–Crippen MR) is 74.8 cm³/mol. The fourth-order valence-electron chi connectivity index (χ4n) is 1.71. The van der Waals surface area contributed by atoms with E-state index in [0.29, 0.717) is 12.1 Å². The molecule has 0 aliphatic carbocycles. The van der Waals surface area contributed by atoms with E-state index in [0.717, 1.165) is 11.1 Å². The van der Waals surface area contributed by atoms with Gasteiger partial charge in [-0.2, -0.15) is 11.3 Å². The van der Waals surface area contributed by atoms with E-state index in [1.165, 1.54) is 6.07 Å². The average molecular weight is 275 g/mol. The van der Waals surface area contributed by atoms with Crippen molar-refractivity contribution in [2.75, 3.05) is 5.32 Å². The van der Waals surface area contributed by atoms with Gasteiger partial charge in [-0.05, 0) is 53.1 Å². The maximum atomic E-state index is 11.8. The highest BCUT2D eigenvalue weighted by atomic mass is 32.1. The zero-order valence-corrected chi connectivity index (χ0v) is 11.2. The molecular formula is C14H13NO3S. The third kappa shape index (κ3) is 3.42. The molecule has 1 amide bonds. The summed E-state index contributed by atoms with van der Waals surface area (Å²) in [6.07, 6.45) is 0.323. The first-order valence-corrected chi connectivity index (χ1v) is 6.65. The number of carbonyl (C=O) groups is 2. The molecule has 98 valence electrons. The predicted octanol–water partition coefficient (Wildman–Crippen LogP) is 2.94. The fourth-order valence-corrected chi connectivity index (χ4v) is 2.38. The van der Waals surface area contributed by atoms with Crippen molar-refractivity contribution >= 4 is 28.9 Å². The normalized spacial score (nSPS) is 10.2. The van der Waals surface area contributed by atoms with Crippen LogP contribution in [0, 0.1) is 6.92 Å². The number of aryl methyl sites for hydroxylation is 1. The van der Waals surface area contributed by atoms with Crippen molar-refractivity contribution in [3.8, 4) is 0 Å². The van der Waals surface area contributed by atoms with E-state index in [-0.39, 0.29) is 11.5 Å². The molecule has 0 unspecified atom stereocenters. The first kappa shape index (κ1) is 13.3. The van der Waals surface area contributed by atoms with Crippen LogP contribution < -0.4 is 5.32 Å². The summed E-state index contributed by atoms with van der Waals surface area (Å²) < 4.78 is 0. The first-order chi connectivity index (χ1) is 9.06. The second-order valence-electron chi connectivity index (χ2n) is 4.19. The van der Waals surface area contributed by atoms with Crippen LogP contribution in [0.15, 0.2) is 35.0 Å². The molecule has 2 aromatic rings. The molecule has 1 heterocycles. The summed E-state index contributed by atoms with van der Waals surface area (Å²) in [4.78, 5) is 22.6. The minimum absolute atomic E-state index is 0.107. The monoisotopic (exact) mass is 275 g/mol. The van der Waals surface area contributed by atoms with Crippen molar-refractivity contribution in [2.45, 2.75) is 13.3 Å². The highest BCUT2D eigenvalue weighted by molar-refractivity contribution is 7.08. The minimum atomic E-state index is -0.973. The summed E-state index contributed by atoms with van der Waals surface area (Å²) >= 11 is 1.55. The van der Waals surface area contributed by atoms with E-state index in [4.69, 9.17) is 5.11 Å². The van der Waals surface area contributed by atoms with Gasteiger partial charge in [-0.15, -0.1) is 0 Å². The van der Waals surface area contributed by atoms with Gasteiger partial charge in [-0.3, -0.25) is 4.79 Å². The molecular weight excluding hydrogens is 262 g/mol. The van der Waals surface area contributed by atoms with Gasteiger partial charge >= 0.3 is 5.97 Å². The number of rotatable bonds is 4. The Morgan fingerprint density at radius 1 is 1.32 bits per heavy atom. The Kier molecular flexibility index (Phi) is 3.97. The smallest absolute Gasteiger partial charge is 0.335 e. The number of aromatic carboxylic acids is 1. The van der Waals surface area contributed by atoms with Gasteiger partial charge in [-0.25, -0.2) is 4.79 Å². The zero-order chi connectivity index (χ0) is 13.8. The summed E-state index contributed by atoms with van der Waals surface area (Å²) in [5.74, 6) is -1.08. The number of carbonyl (C=O) groups excluding carboxylic acids is 1. The summed E-state index contributed by atoms with van der Waals surface area (Å²) in [6.45, 7) is 1.77. The van der Waals surface area contributed by atoms with Crippen molar-refractivity contribution in [2.24, 2.45) is 0 Å². The maximum absolute atomic E-state index is 11.8. The standard InChI is InChI=1S/C14H13NO3S/c1-9-6-11(14(17)18)2-3-12(9)15-13(16)7-10-4-5-19-8-10/h2-6,8H,7H2,1H3,(H,15,16)(H,17,18). The van der Waals surface area contributed by atoms with Crippen molar-refractivity contribution in [3.05, 3.63) is 51.7 Å². The molecule has 0 spiro atoms. The van der Waals surface area contributed by atoms with Crippen LogP contribution >= 0.6 is 11.3 Å². The number of hydrogen-bond acceptors (Lipinski definition) is 3. The molecule has 1 aromatic heterocycles. The van der Waals surface area contributed by atoms with Crippen LogP contribution in [0.2, 0.25) is 0 Å². The van der Waals surface area contributed by atoms with Gasteiger partial charge in [0.2, 0.25) is 5.91 Å². The van der Waals surface area contributed by atoms with Crippen molar-refractivity contribution in [3.63, 3.8) is 0 Å². The molecule has 0 atom stereocenters. The molecule has 0 saturated heterocycles. The Balaban J connectivity index is 2.07. The van der Waals surface area contributed by atoms with Crippen LogP contribution in [0.1, 0.15) is 21.5 Å². The number of anilines is 1. The molecule has 0 bridgehead atoms. The SMILES string of the molecule is Cc1cc(C(=O)O)ccc1NC(=O)Cc1ccsc1. The summed E-state index contributed by atoms with van der Waals surface area (Å²) in [7, 11) is 0. The van der Waals surface area contributed by atoms with Gasteiger partial charge in [0.15, 0.2) is 0 Å². The lowest BCUT2D eigenvalue weighted by molar-refractivity contribution is -0.115. The molecule has 19 heavy (non-hydrogen) atoms. The number of hydrogen-bond donors (Lipinski definition) is 2. The van der Waals surface area contributed by atoms with E-state index in [1.807, 2.05) is 16.8 Å². The fraction of sp³-hybridized carbons (Fsp3) is 0.143. The quantitative estimate of drug-likeness (QED) is 0.901. The van der Waals surface area contributed by atoms with Gasteiger partial charge in [0.1, 0.15) is 0 Å². The van der Waals surface area contributed by atoms with Gasteiger partial charge in [0, 0.05) is 5.69 Å². The molecule has 0 radical (unpaired) electrons. The second-order valence-corrected chi connectivity index (χ2v) is 4.97. The van der Waals surface area contributed by atoms with Crippen LogP contribution in [0.25, 0.3) is 0 Å². The minimum Gasteiger partial charge on any atom is -0.478 e. The number of benzene rings is 1. The number of amides is 1. The van der Waals surface area contributed by atoms with Gasteiger partial charge in [0.05, 0.1) is 12.0 Å². The molecule has 0 saturated carbocycles. The van der Waals surface area contributed by atoms with E-state index >= 15 is 0 Å². The first-order valence-electron chi connectivity index (χ1n) is 5.71. The Bertz CT molecular complexity index is 605. The molecule has 0 fully saturated rings. The van der Waals surface area contributed by atoms with Crippen molar-refractivity contribution in [1.29, 1.82) is 0 Å². The number of carboxylic acid groups (broad SMARTS) is 1. The van der Waals surface area contributed by atoms with Gasteiger partial charge < -0.3 is 10.4 Å². The van der Waals surface area contributed by atoms with Crippen molar-refractivity contribution < 1.29 is 14.7 Å². The van der Waals surface area contributed by atoms with Crippen LogP contribution in [-0.2, 0) is 11.2 Å². The number of carboxylic acids is 1. The number of thiophene rings is 1. The van der Waals surface area contributed by atoms with E-state index < -0.39 is 5.97 Å². The second kappa shape index (κ2) is 5.67. The maximum Gasteiger partial charge on any atom is 0.335 e. The summed E-state index contributed by atoms with van der Waals surface area (Å²) in [5, 5.41) is 15.5. The largest absolute Gasteiger partial charge is 0.478 e. The van der Waals surface area contributed by atoms with E-state index in [1.54, 1.807) is 30.4 Å². The van der Waals surface area contributed by atoms with Crippen LogP contribution in [0.4, 0.5) is 5.69 Å². The van der Waals surface area contributed by atoms with Crippen molar-refractivity contribution in [1.82, 2.24) is 0 Å². The molecule has 1 aromatic carbocycles. The molecule has 2 rings (SSSR count). The lowest BCUT2D eigenvalue weighted by atomic mass is 10.1. The van der Waals surface area contributed by atoms with Crippen LogP contribution in [0.3, 0.4) is 0 Å². The third-order valence-corrected chi connectivity index (χ3v) is 3.42. The molecule has 5 heteroatoms. The molecule has 4 nitrogen and oxygen atoms in total. The highest BCUT2D eigenvalue weighted by Gasteiger charge is 2.09. The molecule has 2 N–H and O–H groups in total. The van der Waals surface area contributed by atoms with E-state index in [9.17, 15) is 9.59 Å². The Hall–Kier alpha value is -2.14. The Labute approximate surface area is 114 Å². The molecule has 0 aliphatic rings. The summed E-state index contributed by atoms with van der Waals surface area (Å²) in [6, 6.07) is 6.55. The zero-order valence-electron chi connectivity index (χ0n) is 10.3. The lowest BCUT2D eigenvalue weighted by Gasteiger charge is -2.08. The van der Waals surface area contributed by atoms with Crippen LogP contribution in [0.5, 0.6) is 0 Å². The molecule has 0 aliphatic heterocycles. The van der Waals surface area contributed by atoms with E-state index in [2.05, 4.69) is 5.32 Å². The Morgan fingerprint density at radius 2 is 2.11 bits per heavy atom. The number of nitrogens with one attached hydrogen (secondary N) is 1. The topological polar surface area (TPSA) is 66.4 Å².